The fraction of sp³-hybridized carbons (Fsp3) is 0.387. The molecule has 12 heteroatoms. The highest BCUT2D eigenvalue weighted by Crippen LogP contribution is 2.34. The molecule has 0 spiro atoms. The Morgan fingerprint density at radius 3 is 2.56 bits per heavy atom. The lowest BCUT2D eigenvalue weighted by Crippen LogP contribution is -2.21. The highest BCUT2D eigenvalue weighted by atomic mass is 28.3. The molecule has 0 unspecified atom stereocenters. The predicted octanol–water partition coefficient (Wildman–Crippen LogP) is 6.37. The van der Waals surface area contributed by atoms with Crippen LogP contribution in [0.15, 0.2) is 55.0 Å². The Balaban J connectivity index is 1.20. The molecule has 1 fully saturated rings. The van der Waals surface area contributed by atoms with Gasteiger partial charge in [0.15, 0.2) is 0 Å². The van der Waals surface area contributed by atoms with Crippen LogP contribution in [-0.4, -0.2) is 47.2 Å². The van der Waals surface area contributed by atoms with Crippen LogP contribution in [0.4, 0.5) is 10.2 Å². The summed E-state index contributed by atoms with van der Waals surface area (Å²) in [5.74, 6) is 0.964. The van der Waals surface area contributed by atoms with Crippen LogP contribution in [0.3, 0.4) is 0 Å². The van der Waals surface area contributed by atoms with Crippen molar-refractivity contribution in [2.75, 3.05) is 25.6 Å². The average Bonchev–Trinajstić information content (AvgIpc) is 3.58. The largest absolute Gasteiger partial charge is 0.487 e. The number of aromatic nitrogens is 4. The molecule has 1 saturated heterocycles. The maximum Gasteiger partial charge on any atom is 0.140 e. The first-order chi connectivity index (χ1) is 20.7. The Bertz CT molecular complexity index is 1570. The summed E-state index contributed by atoms with van der Waals surface area (Å²) in [4.78, 5) is 4.35. The van der Waals surface area contributed by atoms with Crippen LogP contribution in [-0.2, 0) is 22.8 Å². The molecule has 0 amide bonds. The fourth-order valence-corrected chi connectivity index (χ4v) is 5.48. The summed E-state index contributed by atoms with van der Waals surface area (Å²) >= 11 is 0. The number of nitriles is 1. The number of hydrogen-bond donors (Lipinski definition) is 1. The number of imidazole rings is 1. The first-order valence-corrected chi connectivity index (χ1v) is 18.0. The highest BCUT2D eigenvalue weighted by Gasteiger charge is 2.24. The molecule has 3 heterocycles. The van der Waals surface area contributed by atoms with E-state index < -0.39 is 13.9 Å². The van der Waals surface area contributed by atoms with Crippen molar-refractivity contribution < 1.29 is 23.3 Å². The second-order valence-electron chi connectivity index (χ2n) is 11.8. The Hall–Kier alpha value is -4.18. The number of benzene rings is 2. The van der Waals surface area contributed by atoms with Gasteiger partial charge in [-0.3, -0.25) is 0 Å². The lowest BCUT2D eigenvalue weighted by molar-refractivity contribution is 0.0669. The zero-order valence-corrected chi connectivity index (χ0v) is 25.8. The van der Waals surface area contributed by atoms with Gasteiger partial charge in [0.05, 0.1) is 18.1 Å². The summed E-state index contributed by atoms with van der Waals surface area (Å²) in [6, 6.07) is 14.7. The van der Waals surface area contributed by atoms with E-state index in [9.17, 15) is 9.65 Å². The van der Waals surface area contributed by atoms with Crippen molar-refractivity contribution >= 4 is 13.9 Å². The van der Waals surface area contributed by atoms with Crippen LogP contribution in [0.25, 0.3) is 11.3 Å². The maximum atomic E-state index is 14.4. The van der Waals surface area contributed by atoms with Crippen molar-refractivity contribution in [3.63, 3.8) is 0 Å². The number of ether oxygens (including phenoxy) is 4. The van der Waals surface area contributed by atoms with Gasteiger partial charge in [0, 0.05) is 57.9 Å². The molecule has 0 atom stereocenters. The molecule has 0 bridgehead atoms. The summed E-state index contributed by atoms with van der Waals surface area (Å²) in [6.07, 6.45) is 5.13. The monoisotopic (exact) mass is 604 g/mol. The van der Waals surface area contributed by atoms with Crippen molar-refractivity contribution in [2.45, 2.75) is 57.9 Å². The van der Waals surface area contributed by atoms with Gasteiger partial charge >= 0.3 is 0 Å². The van der Waals surface area contributed by atoms with E-state index in [0.717, 1.165) is 31.1 Å². The SMILES string of the molecule is C[Si](C)(C)CCOCn1cnc(COc2cc(F)cc(Oc3ccc(-c4nn(C5CCOCC5)c(N)c4C#N)cc3)c2)c1. The standard InChI is InChI=1S/C31H37FN6O4Si/c1-43(2,3)13-12-40-21-37-18-24(35-20-37)19-41-27-14-23(32)15-28(16-27)42-26-6-4-22(5-7-26)30-29(17-33)31(34)38(36-30)25-8-10-39-11-9-25/h4-7,14-16,18,20,25H,8-13,19,21,34H2,1-3H3. The van der Waals surface area contributed by atoms with E-state index >= 15 is 0 Å². The van der Waals surface area contributed by atoms with Gasteiger partial charge in [-0.15, -0.1) is 0 Å². The minimum Gasteiger partial charge on any atom is -0.487 e. The number of hydrogen-bond acceptors (Lipinski definition) is 8. The second-order valence-corrected chi connectivity index (χ2v) is 17.4. The number of rotatable bonds is 12. The quantitative estimate of drug-likeness (QED) is 0.146. The molecule has 0 radical (unpaired) electrons. The normalized spacial score (nSPS) is 14.0. The third-order valence-electron chi connectivity index (χ3n) is 7.11. The van der Waals surface area contributed by atoms with E-state index in [2.05, 4.69) is 35.8 Å². The molecular formula is C31H37FN6O4Si. The van der Waals surface area contributed by atoms with Gasteiger partial charge < -0.3 is 29.2 Å². The summed E-state index contributed by atoms with van der Waals surface area (Å²) in [7, 11) is -1.13. The van der Waals surface area contributed by atoms with Gasteiger partial charge in [-0.1, -0.05) is 19.6 Å². The number of nitrogens with two attached hydrogens (primary N) is 1. The molecule has 2 aromatic heterocycles. The molecular weight excluding hydrogens is 567 g/mol. The molecule has 4 aromatic rings. The van der Waals surface area contributed by atoms with Crippen LogP contribution in [0.2, 0.25) is 25.7 Å². The molecule has 2 N–H and O–H groups in total. The minimum absolute atomic E-state index is 0.0935. The smallest absolute Gasteiger partial charge is 0.140 e. The highest BCUT2D eigenvalue weighted by molar-refractivity contribution is 6.76. The predicted molar refractivity (Wildman–Crippen MR) is 163 cm³/mol. The molecule has 0 aliphatic carbocycles. The molecule has 1 aliphatic heterocycles. The van der Waals surface area contributed by atoms with Crippen molar-refractivity contribution in [1.29, 1.82) is 5.26 Å². The van der Waals surface area contributed by atoms with Gasteiger partial charge in [-0.25, -0.2) is 14.1 Å². The lowest BCUT2D eigenvalue weighted by atomic mass is 10.1. The van der Waals surface area contributed by atoms with Gasteiger partial charge in [0.25, 0.3) is 0 Å². The second kappa shape index (κ2) is 13.4. The third kappa shape index (κ3) is 8.01. The van der Waals surface area contributed by atoms with Crippen LogP contribution >= 0.6 is 0 Å². The minimum atomic E-state index is -1.13. The maximum absolute atomic E-state index is 14.4. The molecule has 5 rings (SSSR count). The van der Waals surface area contributed by atoms with E-state index in [4.69, 9.17) is 24.7 Å². The molecule has 43 heavy (non-hydrogen) atoms. The Kier molecular flexibility index (Phi) is 9.45. The molecule has 1 aliphatic rings. The van der Waals surface area contributed by atoms with Crippen LogP contribution < -0.4 is 15.2 Å². The van der Waals surface area contributed by atoms with E-state index in [-0.39, 0.29) is 18.4 Å². The topological polar surface area (TPSA) is 122 Å². The Labute approximate surface area is 251 Å². The van der Waals surface area contributed by atoms with Crippen molar-refractivity contribution in [3.8, 4) is 34.6 Å². The van der Waals surface area contributed by atoms with Gasteiger partial charge in [-0.2, -0.15) is 10.4 Å². The van der Waals surface area contributed by atoms with Gasteiger partial charge in [0.1, 0.15) is 59.5 Å². The fourth-order valence-electron chi connectivity index (χ4n) is 4.72. The third-order valence-corrected chi connectivity index (χ3v) is 8.82. The van der Waals surface area contributed by atoms with Crippen LogP contribution in [0.5, 0.6) is 17.2 Å². The first-order valence-electron chi connectivity index (χ1n) is 14.3. The Morgan fingerprint density at radius 2 is 1.84 bits per heavy atom. The van der Waals surface area contributed by atoms with Crippen LogP contribution in [0, 0.1) is 17.1 Å². The average molecular weight is 605 g/mol. The van der Waals surface area contributed by atoms with E-state index in [0.29, 0.717) is 54.2 Å². The van der Waals surface area contributed by atoms with Crippen molar-refractivity contribution in [1.82, 2.24) is 19.3 Å². The van der Waals surface area contributed by atoms with E-state index in [1.165, 1.54) is 12.1 Å². The van der Waals surface area contributed by atoms with E-state index in [1.807, 2.05) is 10.8 Å². The van der Waals surface area contributed by atoms with Crippen molar-refractivity contribution in [2.24, 2.45) is 0 Å². The summed E-state index contributed by atoms with van der Waals surface area (Å²) < 4.78 is 41.0. The molecule has 0 saturated carbocycles. The number of halogens is 1. The van der Waals surface area contributed by atoms with Gasteiger partial charge in [0.2, 0.25) is 0 Å². The van der Waals surface area contributed by atoms with Crippen LogP contribution in [0.1, 0.15) is 30.1 Å². The Morgan fingerprint density at radius 1 is 1.09 bits per heavy atom. The number of nitrogens with zero attached hydrogens (tertiary/aromatic N) is 5. The molecule has 2 aromatic carbocycles. The van der Waals surface area contributed by atoms with Gasteiger partial charge in [-0.05, 0) is 43.2 Å². The van der Waals surface area contributed by atoms with Crippen molar-refractivity contribution in [3.05, 3.63) is 72.1 Å². The zero-order valence-electron chi connectivity index (χ0n) is 24.8. The summed E-state index contributed by atoms with van der Waals surface area (Å²) in [5.41, 5.74) is 8.58. The van der Waals surface area contributed by atoms with E-state index in [1.54, 1.807) is 41.3 Å². The lowest BCUT2D eigenvalue weighted by Gasteiger charge is -2.23. The number of nitrogen functional groups attached to an aromatic ring is 1. The molecule has 10 nitrogen and oxygen atoms in total. The summed E-state index contributed by atoms with van der Waals surface area (Å²) in [6.45, 7) is 9.55. The summed E-state index contributed by atoms with van der Waals surface area (Å²) in [5, 5.41) is 14.4. The first kappa shape index (κ1) is 30.3. The zero-order chi connectivity index (χ0) is 30.4. The molecule has 226 valence electrons. The number of anilines is 1.